The normalized spacial score (nSPS) is 22.1. The molecule has 2 nitrogen and oxygen atoms in total. The van der Waals surface area contributed by atoms with Crippen LogP contribution in [0.2, 0.25) is 0 Å². The topological polar surface area (TPSA) is 26.3 Å². The van der Waals surface area contributed by atoms with Gasteiger partial charge in [-0.2, -0.15) is 0 Å². The third-order valence-corrected chi connectivity index (χ3v) is 1.34. The number of ether oxygens (including phenoxy) is 1. The molecule has 0 saturated heterocycles. The van der Waals surface area contributed by atoms with E-state index in [-0.39, 0.29) is 6.10 Å². The summed E-state index contributed by atoms with van der Waals surface area (Å²) in [6.45, 7) is 3.29. The lowest BCUT2D eigenvalue weighted by Gasteiger charge is -2.03. The Morgan fingerprint density at radius 2 is 2.62 bits per heavy atom. The highest BCUT2D eigenvalue weighted by molar-refractivity contribution is 5.38. The van der Waals surface area contributed by atoms with E-state index in [1.165, 1.54) is 6.47 Å². The Morgan fingerprint density at radius 3 is 3.00 bits per heavy atom. The van der Waals surface area contributed by atoms with E-state index in [4.69, 9.17) is 0 Å². The van der Waals surface area contributed by atoms with Crippen LogP contribution < -0.4 is 0 Å². The fourth-order valence-electron chi connectivity index (χ4n) is 0.625. The molecule has 0 heterocycles. The largest absolute Gasteiger partial charge is 0.454 e. The molecule has 1 rings (SSSR count). The summed E-state index contributed by atoms with van der Waals surface area (Å²) in [5.74, 6) is 0.511. The van der Waals surface area contributed by atoms with E-state index in [1.54, 1.807) is 0 Å². The highest BCUT2D eigenvalue weighted by Crippen LogP contribution is 2.32. The molecule has 0 aromatic carbocycles. The van der Waals surface area contributed by atoms with Crippen molar-refractivity contribution in [3.05, 3.63) is 6.42 Å². The van der Waals surface area contributed by atoms with E-state index in [0.717, 1.165) is 6.42 Å². The average molecular weight is 112 g/mol. The smallest absolute Gasteiger partial charge is 0.417 e. The van der Waals surface area contributed by atoms with Gasteiger partial charge in [0, 0.05) is 0 Å². The molecule has 0 aliphatic heterocycles. The van der Waals surface area contributed by atoms with Crippen molar-refractivity contribution in [1.29, 1.82) is 0 Å². The van der Waals surface area contributed by atoms with Crippen LogP contribution in [0, 0.1) is 12.3 Å². The molecule has 1 aliphatic rings. The van der Waals surface area contributed by atoms with Crippen molar-refractivity contribution in [3.8, 4) is 0 Å². The molecule has 2 unspecified atom stereocenters. The molecule has 44 valence electrons. The van der Waals surface area contributed by atoms with Gasteiger partial charge in [0.2, 0.25) is 0 Å². The van der Waals surface area contributed by atoms with E-state index in [2.05, 4.69) is 11.2 Å². The summed E-state index contributed by atoms with van der Waals surface area (Å²) in [6, 6.07) is 0. The maximum atomic E-state index is 9.59. The molecule has 0 aromatic rings. The van der Waals surface area contributed by atoms with E-state index >= 15 is 0 Å². The molecule has 2 radical (unpaired) electrons. The first kappa shape index (κ1) is 5.60. The van der Waals surface area contributed by atoms with Crippen LogP contribution in [0.4, 0.5) is 0 Å². The number of carbonyl (C=O) groups excluding carboxylic acids is 1. The van der Waals surface area contributed by atoms with Gasteiger partial charge in [-0.3, -0.25) is 0 Å². The van der Waals surface area contributed by atoms with Gasteiger partial charge in [-0.15, -0.1) is 0 Å². The summed E-state index contributed by atoms with van der Waals surface area (Å²) in [5.41, 5.74) is 0. The van der Waals surface area contributed by atoms with Gasteiger partial charge in [0.1, 0.15) is 6.10 Å². The van der Waals surface area contributed by atoms with Crippen molar-refractivity contribution in [1.82, 2.24) is 0 Å². The summed E-state index contributed by atoms with van der Waals surface area (Å²) in [4.78, 5) is 9.59. The lowest BCUT2D eigenvalue weighted by Crippen LogP contribution is -2.08. The van der Waals surface area contributed by atoms with E-state index in [1.807, 2.05) is 6.92 Å². The maximum Gasteiger partial charge on any atom is 0.417 e. The van der Waals surface area contributed by atoms with E-state index < -0.39 is 0 Å². The molecule has 1 saturated carbocycles. The van der Waals surface area contributed by atoms with Crippen LogP contribution >= 0.6 is 0 Å². The standard InChI is InChI=1S/C6H8O2/c1-5(8-4-7)6-2-3-6/h2,5-6H,3H2,1H3. The quantitative estimate of drug-likeness (QED) is 0.536. The number of rotatable bonds is 3. The van der Waals surface area contributed by atoms with Crippen LogP contribution in [0.5, 0.6) is 0 Å². The minimum atomic E-state index is 0.0486. The summed E-state index contributed by atoms with van der Waals surface area (Å²) in [5, 5.41) is 0. The minimum absolute atomic E-state index is 0.0486. The second kappa shape index (κ2) is 2.16. The second-order valence-corrected chi connectivity index (χ2v) is 2.04. The Hall–Kier alpha value is -0.530. The van der Waals surface area contributed by atoms with Crippen LogP contribution in [0.1, 0.15) is 13.3 Å². The van der Waals surface area contributed by atoms with Crippen molar-refractivity contribution in [2.24, 2.45) is 5.92 Å². The molecular weight excluding hydrogens is 104 g/mol. The van der Waals surface area contributed by atoms with E-state index in [0.29, 0.717) is 5.92 Å². The van der Waals surface area contributed by atoms with Crippen molar-refractivity contribution < 1.29 is 9.53 Å². The van der Waals surface area contributed by atoms with Gasteiger partial charge in [0.05, 0.1) is 0 Å². The first-order chi connectivity index (χ1) is 3.84. The molecule has 8 heavy (non-hydrogen) atoms. The summed E-state index contributed by atoms with van der Waals surface area (Å²) >= 11 is 0. The Labute approximate surface area is 48.8 Å². The summed E-state index contributed by atoms with van der Waals surface area (Å²) in [6.07, 6.45) is 3.25. The first-order valence-electron chi connectivity index (χ1n) is 2.70. The molecule has 1 fully saturated rings. The lowest BCUT2D eigenvalue weighted by molar-refractivity contribution is 0.177. The molecule has 0 bridgehead atoms. The molecule has 0 spiro atoms. The van der Waals surface area contributed by atoms with E-state index in [9.17, 15) is 4.79 Å². The van der Waals surface area contributed by atoms with Crippen molar-refractivity contribution in [2.45, 2.75) is 19.4 Å². The van der Waals surface area contributed by atoms with Gasteiger partial charge in [-0.1, -0.05) is 0 Å². The SMILES string of the molecule is CC(O[C]=O)C1[CH]C1. The van der Waals surface area contributed by atoms with Crippen molar-refractivity contribution in [2.75, 3.05) is 0 Å². The molecule has 0 aromatic heterocycles. The predicted molar refractivity (Wildman–Crippen MR) is 28.6 cm³/mol. The monoisotopic (exact) mass is 112 g/mol. The Bertz CT molecular complexity index is 86.5. The molecule has 0 N–H and O–H groups in total. The third-order valence-electron chi connectivity index (χ3n) is 1.34. The molecule has 2 atom stereocenters. The highest BCUT2D eigenvalue weighted by Gasteiger charge is 2.29. The van der Waals surface area contributed by atoms with Crippen LogP contribution in [-0.4, -0.2) is 12.6 Å². The summed E-state index contributed by atoms with van der Waals surface area (Å²) < 4.78 is 4.53. The first-order valence-corrected chi connectivity index (χ1v) is 2.70. The lowest BCUT2D eigenvalue weighted by atomic mass is 10.3. The fraction of sp³-hybridized carbons (Fsp3) is 0.667. The van der Waals surface area contributed by atoms with Gasteiger partial charge in [-0.25, -0.2) is 4.79 Å². The van der Waals surface area contributed by atoms with Crippen LogP contribution in [0.15, 0.2) is 0 Å². The Kier molecular flexibility index (Phi) is 1.51. The Morgan fingerprint density at radius 1 is 2.00 bits per heavy atom. The van der Waals surface area contributed by atoms with Gasteiger partial charge in [0.25, 0.3) is 0 Å². The average Bonchev–Trinajstić information content (AvgIpc) is 2.45. The van der Waals surface area contributed by atoms with Crippen LogP contribution in [0.3, 0.4) is 0 Å². The third kappa shape index (κ3) is 1.22. The van der Waals surface area contributed by atoms with Crippen molar-refractivity contribution >= 4 is 6.47 Å². The number of hydrogen-bond acceptors (Lipinski definition) is 2. The van der Waals surface area contributed by atoms with Gasteiger partial charge < -0.3 is 4.74 Å². The molecule has 0 amide bonds. The zero-order chi connectivity index (χ0) is 5.98. The van der Waals surface area contributed by atoms with Crippen molar-refractivity contribution in [3.63, 3.8) is 0 Å². The highest BCUT2D eigenvalue weighted by atomic mass is 16.5. The molecular formula is C6H8O2. The zero-order valence-corrected chi connectivity index (χ0v) is 4.76. The second-order valence-electron chi connectivity index (χ2n) is 2.04. The maximum absolute atomic E-state index is 9.59. The summed E-state index contributed by atoms with van der Waals surface area (Å²) in [7, 11) is 0. The predicted octanol–water partition coefficient (Wildman–Crippen LogP) is 0.683. The fourth-order valence-corrected chi connectivity index (χ4v) is 0.625. The number of hydrogen-bond donors (Lipinski definition) is 0. The Balaban J connectivity index is 2.12. The molecule has 1 aliphatic carbocycles. The van der Waals surface area contributed by atoms with Crippen LogP contribution in [-0.2, 0) is 9.53 Å². The minimum Gasteiger partial charge on any atom is -0.454 e. The molecule has 2 heteroatoms. The van der Waals surface area contributed by atoms with Crippen LogP contribution in [0.25, 0.3) is 0 Å². The van der Waals surface area contributed by atoms with Gasteiger partial charge in [-0.05, 0) is 25.7 Å². The zero-order valence-electron chi connectivity index (χ0n) is 4.76. The van der Waals surface area contributed by atoms with Gasteiger partial charge >= 0.3 is 6.47 Å². The van der Waals surface area contributed by atoms with Gasteiger partial charge in [0.15, 0.2) is 0 Å².